The summed E-state index contributed by atoms with van der Waals surface area (Å²) >= 11 is 0.948. The summed E-state index contributed by atoms with van der Waals surface area (Å²) in [5.74, 6) is -3.13. The molecule has 0 bridgehead atoms. The van der Waals surface area contributed by atoms with Crippen LogP contribution >= 0.6 is 11.8 Å². The Morgan fingerprint density at radius 2 is 1.94 bits per heavy atom. The lowest BCUT2D eigenvalue weighted by Gasteiger charge is -2.03. The molecule has 0 spiro atoms. The molecule has 0 aliphatic rings. The second-order valence-electron chi connectivity index (χ2n) is 3.35. The van der Waals surface area contributed by atoms with Crippen LogP contribution in [0.4, 0.5) is 8.78 Å². The largest absolute Gasteiger partial charge is 0.475 e. The Hall–Kier alpha value is -1.89. The van der Waals surface area contributed by atoms with E-state index in [4.69, 9.17) is 5.11 Å². The predicted octanol–water partition coefficient (Wildman–Crippen LogP) is 3.04. The van der Waals surface area contributed by atoms with Gasteiger partial charge in [-0.15, -0.1) is 11.8 Å². The number of hydrogen-bond acceptors (Lipinski definition) is 4. The van der Waals surface area contributed by atoms with Crippen LogP contribution < -0.4 is 0 Å². The summed E-state index contributed by atoms with van der Waals surface area (Å²) in [6, 6.07) is 3.27. The van der Waals surface area contributed by atoms with E-state index in [0.29, 0.717) is 0 Å². The van der Waals surface area contributed by atoms with Gasteiger partial charge in [0.15, 0.2) is 0 Å². The van der Waals surface area contributed by atoms with E-state index in [1.165, 1.54) is 0 Å². The van der Waals surface area contributed by atoms with Gasteiger partial charge in [0.2, 0.25) is 5.76 Å². The van der Waals surface area contributed by atoms with Gasteiger partial charge in [-0.1, -0.05) is 5.16 Å². The second-order valence-corrected chi connectivity index (χ2v) is 4.17. The smallest absolute Gasteiger partial charge is 0.374 e. The summed E-state index contributed by atoms with van der Waals surface area (Å²) < 4.78 is 31.6. The molecule has 0 saturated carbocycles. The number of hydrogen-bond donors (Lipinski definition) is 1. The molecule has 7 heteroatoms. The molecule has 1 aromatic heterocycles. The van der Waals surface area contributed by atoms with Gasteiger partial charge in [-0.2, -0.15) is 0 Å². The van der Waals surface area contributed by atoms with E-state index >= 15 is 0 Å². The number of thioether (sulfide) groups is 1. The zero-order chi connectivity index (χ0) is 13.3. The van der Waals surface area contributed by atoms with Gasteiger partial charge in [-0.3, -0.25) is 0 Å². The van der Waals surface area contributed by atoms with E-state index in [2.05, 4.69) is 9.68 Å². The highest BCUT2D eigenvalue weighted by molar-refractivity contribution is 7.98. The van der Waals surface area contributed by atoms with Crippen LogP contribution in [0.1, 0.15) is 10.6 Å². The Labute approximate surface area is 105 Å². The van der Waals surface area contributed by atoms with Crippen molar-refractivity contribution >= 4 is 17.7 Å². The number of carboxylic acids is 1. The molecule has 94 valence electrons. The molecule has 4 nitrogen and oxygen atoms in total. The van der Waals surface area contributed by atoms with Crippen LogP contribution in [0.25, 0.3) is 11.3 Å². The Bertz CT molecular complexity index is 589. The van der Waals surface area contributed by atoms with Crippen LogP contribution in [0.5, 0.6) is 0 Å². The monoisotopic (exact) mass is 271 g/mol. The number of nitrogens with zero attached hydrogens (tertiary/aromatic N) is 1. The lowest BCUT2D eigenvalue weighted by atomic mass is 10.1. The average Bonchev–Trinajstić information content (AvgIpc) is 2.77. The number of carboxylic acid groups (broad SMARTS) is 1. The van der Waals surface area contributed by atoms with Gasteiger partial charge >= 0.3 is 5.97 Å². The summed E-state index contributed by atoms with van der Waals surface area (Å²) in [7, 11) is 0. The first kappa shape index (κ1) is 12.6. The summed E-state index contributed by atoms with van der Waals surface area (Å²) in [5.41, 5.74) is 0.192. The lowest BCUT2D eigenvalue weighted by Crippen LogP contribution is -1.92. The molecule has 0 atom stereocenters. The molecule has 1 aromatic carbocycles. The number of benzene rings is 1. The van der Waals surface area contributed by atoms with E-state index in [0.717, 1.165) is 30.0 Å². The first-order valence-corrected chi connectivity index (χ1v) is 5.99. The third kappa shape index (κ3) is 2.21. The quantitative estimate of drug-likeness (QED) is 0.869. The van der Waals surface area contributed by atoms with Gasteiger partial charge in [0.25, 0.3) is 0 Å². The summed E-state index contributed by atoms with van der Waals surface area (Å²) in [5, 5.41) is 12.1. The van der Waals surface area contributed by atoms with Gasteiger partial charge in [0.1, 0.15) is 17.3 Å². The van der Waals surface area contributed by atoms with E-state index in [9.17, 15) is 13.6 Å². The van der Waals surface area contributed by atoms with Crippen molar-refractivity contribution < 1.29 is 23.2 Å². The fourth-order valence-corrected chi connectivity index (χ4v) is 1.92. The van der Waals surface area contributed by atoms with E-state index < -0.39 is 17.6 Å². The van der Waals surface area contributed by atoms with Gasteiger partial charge in [0.05, 0.1) is 4.90 Å². The SMILES string of the molecule is CSc1c(F)cc(-c2cc(C(=O)O)on2)cc1F. The van der Waals surface area contributed by atoms with E-state index in [1.807, 2.05) is 0 Å². The van der Waals surface area contributed by atoms with Crippen LogP contribution in [-0.2, 0) is 0 Å². The zero-order valence-corrected chi connectivity index (χ0v) is 9.92. The van der Waals surface area contributed by atoms with E-state index in [-0.39, 0.29) is 21.9 Å². The summed E-state index contributed by atoms with van der Waals surface area (Å²) in [4.78, 5) is 10.5. The first-order valence-electron chi connectivity index (χ1n) is 4.76. The fraction of sp³-hybridized carbons (Fsp3) is 0.0909. The highest BCUT2D eigenvalue weighted by Gasteiger charge is 2.16. The molecular formula is C11H7F2NO3S. The molecule has 0 saturated heterocycles. The number of carbonyl (C=O) groups is 1. The molecule has 1 heterocycles. The van der Waals surface area contributed by atoms with Crippen LogP contribution in [0, 0.1) is 11.6 Å². The maximum absolute atomic E-state index is 13.5. The van der Waals surface area contributed by atoms with Crippen molar-refractivity contribution in [2.45, 2.75) is 4.90 Å². The molecule has 0 radical (unpaired) electrons. The molecule has 18 heavy (non-hydrogen) atoms. The molecule has 2 aromatic rings. The molecule has 0 unspecified atom stereocenters. The predicted molar refractivity (Wildman–Crippen MR) is 60.6 cm³/mol. The molecular weight excluding hydrogens is 264 g/mol. The Morgan fingerprint density at radius 3 is 2.39 bits per heavy atom. The Balaban J connectivity index is 2.47. The Morgan fingerprint density at radius 1 is 1.33 bits per heavy atom. The van der Waals surface area contributed by atoms with Gasteiger partial charge in [-0.05, 0) is 18.4 Å². The highest BCUT2D eigenvalue weighted by atomic mass is 32.2. The van der Waals surface area contributed by atoms with Crippen LogP contribution in [-0.4, -0.2) is 22.5 Å². The van der Waals surface area contributed by atoms with Gasteiger partial charge in [0, 0.05) is 11.6 Å². The van der Waals surface area contributed by atoms with Crippen molar-refractivity contribution in [2.24, 2.45) is 0 Å². The summed E-state index contributed by atoms with van der Waals surface area (Å²) in [6.07, 6.45) is 1.56. The van der Waals surface area contributed by atoms with Crippen LogP contribution in [0.15, 0.2) is 27.6 Å². The average molecular weight is 271 g/mol. The maximum atomic E-state index is 13.5. The van der Waals surface area contributed by atoms with Gasteiger partial charge in [-0.25, -0.2) is 13.6 Å². The summed E-state index contributed by atoms with van der Waals surface area (Å²) in [6.45, 7) is 0. The zero-order valence-electron chi connectivity index (χ0n) is 9.11. The molecule has 0 amide bonds. The van der Waals surface area contributed by atoms with Crippen molar-refractivity contribution in [3.05, 3.63) is 35.6 Å². The van der Waals surface area contributed by atoms with E-state index in [1.54, 1.807) is 6.26 Å². The van der Waals surface area contributed by atoms with Crippen molar-refractivity contribution in [1.82, 2.24) is 5.16 Å². The molecule has 0 aliphatic heterocycles. The molecule has 2 rings (SSSR count). The van der Waals surface area contributed by atoms with Crippen LogP contribution in [0.3, 0.4) is 0 Å². The number of rotatable bonds is 3. The normalized spacial score (nSPS) is 10.6. The second kappa shape index (κ2) is 4.77. The third-order valence-electron chi connectivity index (χ3n) is 2.22. The Kier molecular flexibility index (Phi) is 3.33. The minimum atomic E-state index is -1.30. The fourth-order valence-electron chi connectivity index (χ4n) is 1.41. The number of aromatic carboxylic acids is 1. The lowest BCUT2D eigenvalue weighted by molar-refractivity contribution is 0.0652. The third-order valence-corrected chi connectivity index (χ3v) is 3.02. The molecule has 0 aliphatic carbocycles. The maximum Gasteiger partial charge on any atom is 0.374 e. The van der Waals surface area contributed by atoms with Gasteiger partial charge < -0.3 is 9.63 Å². The topological polar surface area (TPSA) is 63.3 Å². The van der Waals surface area contributed by atoms with Crippen molar-refractivity contribution in [3.63, 3.8) is 0 Å². The number of aromatic nitrogens is 1. The number of halogens is 2. The standard InChI is InChI=1S/C11H7F2NO3S/c1-18-10-6(12)2-5(3-7(10)13)8-4-9(11(15)16)17-14-8/h2-4H,1H3,(H,15,16). The minimum Gasteiger partial charge on any atom is -0.475 e. The first-order chi connectivity index (χ1) is 8.52. The van der Waals surface area contributed by atoms with Crippen molar-refractivity contribution in [2.75, 3.05) is 6.26 Å². The molecule has 1 N–H and O–H groups in total. The van der Waals surface area contributed by atoms with Crippen LogP contribution in [0.2, 0.25) is 0 Å². The minimum absolute atomic E-state index is 0.0675. The molecule has 0 fully saturated rings. The van der Waals surface area contributed by atoms with Crippen molar-refractivity contribution in [1.29, 1.82) is 0 Å². The van der Waals surface area contributed by atoms with Crippen molar-refractivity contribution in [3.8, 4) is 11.3 Å². The highest BCUT2D eigenvalue weighted by Crippen LogP contribution is 2.28.